The highest BCUT2D eigenvalue weighted by Gasteiger charge is 2.21. The molecule has 120 valence electrons. The van der Waals surface area contributed by atoms with E-state index in [2.05, 4.69) is 6.92 Å². The summed E-state index contributed by atoms with van der Waals surface area (Å²) < 4.78 is 5.73. The molecule has 0 saturated carbocycles. The molecule has 3 heteroatoms. The highest BCUT2D eigenvalue weighted by molar-refractivity contribution is 5.94. The van der Waals surface area contributed by atoms with Crippen LogP contribution >= 0.6 is 0 Å². The summed E-state index contributed by atoms with van der Waals surface area (Å²) in [5.41, 5.74) is 1.83. The van der Waals surface area contributed by atoms with Gasteiger partial charge in [0.25, 0.3) is 5.91 Å². The first-order chi connectivity index (χ1) is 11.2. The molecule has 23 heavy (non-hydrogen) atoms. The molecule has 0 radical (unpaired) electrons. The van der Waals surface area contributed by atoms with E-state index >= 15 is 0 Å². The second-order valence-electron chi connectivity index (χ2n) is 6.27. The number of nitrogens with zero attached hydrogens (tertiary/aromatic N) is 1. The van der Waals surface area contributed by atoms with Gasteiger partial charge in [0.05, 0.1) is 0 Å². The van der Waals surface area contributed by atoms with Crippen molar-refractivity contribution in [2.75, 3.05) is 13.1 Å². The van der Waals surface area contributed by atoms with Crippen molar-refractivity contribution >= 4 is 5.91 Å². The molecule has 1 aliphatic rings. The third kappa shape index (κ3) is 4.13. The third-order valence-corrected chi connectivity index (χ3v) is 4.42. The molecule has 1 heterocycles. The van der Waals surface area contributed by atoms with Crippen molar-refractivity contribution in [2.24, 2.45) is 5.92 Å². The highest BCUT2D eigenvalue weighted by Crippen LogP contribution is 2.19. The Morgan fingerprint density at radius 1 is 1.04 bits per heavy atom. The maximum absolute atomic E-state index is 12.5. The van der Waals surface area contributed by atoms with Crippen molar-refractivity contribution in [2.45, 2.75) is 26.4 Å². The Morgan fingerprint density at radius 3 is 2.35 bits per heavy atom. The molecular weight excluding hydrogens is 286 g/mol. The number of benzene rings is 2. The van der Waals surface area contributed by atoms with E-state index in [1.165, 1.54) is 0 Å². The predicted molar refractivity (Wildman–Crippen MR) is 91.5 cm³/mol. The van der Waals surface area contributed by atoms with Gasteiger partial charge in [0.15, 0.2) is 0 Å². The average Bonchev–Trinajstić information content (AvgIpc) is 2.61. The van der Waals surface area contributed by atoms with Crippen molar-refractivity contribution < 1.29 is 9.53 Å². The SMILES string of the molecule is CC1CCN(C(=O)c2ccc(COc3ccccc3)cc2)CC1. The maximum Gasteiger partial charge on any atom is 0.253 e. The van der Waals surface area contributed by atoms with Gasteiger partial charge in [0.2, 0.25) is 0 Å². The number of amides is 1. The fraction of sp³-hybridized carbons (Fsp3) is 0.350. The number of carbonyl (C=O) groups is 1. The molecule has 0 aliphatic carbocycles. The molecule has 0 bridgehead atoms. The molecule has 0 unspecified atom stereocenters. The molecule has 0 aromatic heterocycles. The van der Waals surface area contributed by atoms with Gasteiger partial charge in [-0.2, -0.15) is 0 Å². The Kier molecular flexibility index (Phi) is 4.96. The molecule has 3 rings (SSSR count). The first-order valence-electron chi connectivity index (χ1n) is 8.28. The summed E-state index contributed by atoms with van der Waals surface area (Å²) in [6, 6.07) is 17.5. The van der Waals surface area contributed by atoms with Crippen LogP contribution in [0.2, 0.25) is 0 Å². The summed E-state index contributed by atoms with van der Waals surface area (Å²) in [6.45, 7) is 4.51. The lowest BCUT2D eigenvalue weighted by atomic mass is 9.98. The number of para-hydroxylation sites is 1. The summed E-state index contributed by atoms with van der Waals surface area (Å²) in [4.78, 5) is 14.5. The molecule has 1 fully saturated rings. The van der Waals surface area contributed by atoms with E-state index in [-0.39, 0.29) is 5.91 Å². The van der Waals surface area contributed by atoms with Crippen molar-refractivity contribution in [3.8, 4) is 5.75 Å². The van der Waals surface area contributed by atoms with Crippen LogP contribution in [-0.4, -0.2) is 23.9 Å². The third-order valence-electron chi connectivity index (χ3n) is 4.42. The Hall–Kier alpha value is -2.29. The topological polar surface area (TPSA) is 29.5 Å². The zero-order chi connectivity index (χ0) is 16.1. The quantitative estimate of drug-likeness (QED) is 0.849. The number of hydrogen-bond donors (Lipinski definition) is 0. The van der Waals surface area contributed by atoms with Crippen LogP contribution in [0.15, 0.2) is 54.6 Å². The Labute approximate surface area is 137 Å². The van der Waals surface area contributed by atoms with Crippen molar-refractivity contribution in [3.05, 3.63) is 65.7 Å². The van der Waals surface area contributed by atoms with Crippen LogP contribution in [-0.2, 0) is 6.61 Å². The summed E-state index contributed by atoms with van der Waals surface area (Å²) in [7, 11) is 0. The normalized spacial score (nSPS) is 15.4. The summed E-state index contributed by atoms with van der Waals surface area (Å²) in [5, 5.41) is 0. The van der Waals surface area contributed by atoms with Crippen LogP contribution in [0, 0.1) is 5.92 Å². The molecule has 0 atom stereocenters. The minimum atomic E-state index is 0.146. The van der Waals surface area contributed by atoms with E-state index in [9.17, 15) is 4.79 Å². The standard InChI is InChI=1S/C20H23NO2/c1-16-11-13-21(14-12-16)20(22)18-9-7-17(8-10-18)15-23-19-5-3-2-4-6-19/h2-10,16H,11-15H2,1H3. The van der Waals surface area contributed by atoms with Crippen molar-refractivity contribution in [3.63, 3.8) is 0 Å². The number of hydrogen-bond acceptors (Lipinski definition) is 2. The molecule has 3 nitrogen and oxygen atoms in total. The van der Waals surface area contributed by atoms with Crippen LogP contribution in [0.25, 0.3) is 0 Å². The smallest absolute Gasteiger partial charge is 0.253 e. The van der Waals surface area contributed by atoms with E-state index in [1.807, 2.05) is 59.5 Å². The van der Waals surface area contributed by atoms with Crippen LogP contribution < -0.4 is 4.74 Å². The van der Waals surface area contributed by atoms with E-state index in [0.29, 0.717) is 6.61 Å². The Bertz CT molecular complexity index is 628. The van der Waals surface area contributed by atoms with E-state index in [4.69, 9.17) is 4.74 Å². The van der Waals surface area contributed by atoms with Crippen molar-refractivity contribution in [1.29, 1.82) is 0 Å². The van der Waals surface area contributed by atoms with Crippen LogP contribution in [0.5, 0.6) is 5.75 Å². The second-order valence-corrected chi connectivity index (χ2v) is 6.27. The van der Waals surface area contributed by atoms with Gasteiger partial charge >= 0.3 is 0 Å². The molecule has 2 aromatic carbocycles. The van der Waals surface area contributed by atoms with E-state index < -0.39 is 0 Å². The molecule has 1 aliphatic heterocycles. The van der Waals surface area contributed by atoms with Gasteiger partial charge in [-0.05, 0) is 48.6 Å². The van der Waals surface area contributed by atoms with Crippen LogP contribution in [0.1, 0.15) is 35.7 Å². The molecular formula is C20H23NO2. The van der Waals surface area contributed by atoms with Gasteiger partial charge in [-0.25, -0.2) is 0 Å². The Morgan fingerprint density at radius 2 is 1.70 bits per heavy atom. The van der Waals surface area contributed by atoms with Gasteiger partial charge < -0.3 is 9.64 Å². The zero-order valence-electron chi connectivity index (χ0n) is 13.6. The number of ether oxygens (including phenoxy) is 1. The maximum atomic E-state index is 12.5. The molecule has 1 saturated heterocycles. The van der Waals surface area contributed by atoms with E-state index in [0.717, 1.165) is 48.7 Å². The largest absolute Gasteiger partial charge is 0.489 e. The molecule has 2 aromatic rings. The number of likely N-dealkylation sites (tertiary alicyclic amines) is 1. The number of carbonyl (C=O) groups excluding carboxylic acids is 1. The predicted octanol–water partition coefficient (Wildman–Crippen LogP) is 4.14. The molecule has 0 N–H and O–H groups in total. The van der Waals surface area contributed by atoms with Gasteiger partial charge in [-0.15, -0.1) is 0 Å². The lowest BCUT2D eigenvalue weighted by Crippen LogP contribution is -2.37. The monoisotopic (exact) mass is 309 g/mol. The van der Waals surface area contributed by atoms with Gasteiger partial charge in [0, 0.05) is 18.7 Å². The Balaban J connectivity index is 1.57. The lowest BCUT2D eigenvalue weighted by molar-refractivity contribution is 0.0697. The summed E-state index contributed by atoms with van der Waals surface area (Å²) >= 11 is 0. The van der Waals surface area contributed by atoms with Gasteiger partial charge in [-0.3, -0.25) is 4.79 Å². The van der Waals surface area contributed by atoms with E-state index in [1.54, 1.807) is 0 Å². The van der Waals surface area contributed by atoms with Crippen molar-refractivity contribution in [1.82, 2.24) is 4.90 Å². The first kappa shape index (κ1) is 15.6. The van der Waals surface area contributed by atoms with Gasteiger partial charge in [-0.1, -0.05) is 37.3 Å². The highest BCUT2D eigenvalue weighted by atomic mass is 16.5. The van der Waals surface area contributed by atoms with Crippen LogP contribution in [0.4, 0.5) is 0 Å². The summed E-state index contributed by atoms with van der Waals surface area (Å²) in [6.07, 6.45) is 2.21. The van der Waals surface area contributed by atoms with Crippen LogP contribution in [0.3, 0.4) is 0 Å². The number of piperidine rings is 1. The molecule has 0 spiro atoms. The first-order valence-corrected chi connectivity index (χ1v) is 8.28. The minimum absolute atomic E-state index is 0.146. The molecule has 1 amide bonds. The number of rotatable bonds is 4. The second kappa shape index (κ2) is 7.32. The summed E-state index contributed by atoms with van der Waals surface area (Å²) in [5.74, 6) is 1.74. The lowest BCUT2D eigenvalue weighted by Gasteiger charge is -2.30. The minimum Gasteiger partial charge on any atom is -0.489 e. The zero-order valence-corrected chi connectivity index (χ0v) is 13.6. The average molecular weight is 309 g/mol. The fourth-order valence-corrected chi connectivity index (χ4v) is 2.82. The van der Waals surface area contributed by atoms with Gasteiger partial charge in [0.1, 0.15) is 12.4 Å². The fourth-order valence-electron chi connectivity index (χ4n) is 2.82.